The summed E-state index contributed by atoms with van der Waals surface area (Å²) in [6.07, 6.45) is 0.379. The number of carbonyl (C=O) groups excluding carboxylic acids is 2. The zero-order valence-electron chi connectivity index (χ0n) is 17.3. The highest BCUT2D eigenvalue weighted by Crippen LogP contribution is 2.14. The predicted octanol–water partition coefficient (Wildman–Crippen LogP) is 2.81. The number of hydrogen-bond donors (Lipinski definition) is 1. The van der Waals surface area contributed by atoms with Gasteiger partial charge in [0.2, 0.25) is 5.91 Å². The SMILES string of the molecule is CCNC(=O)N1CCN(CCN(Cc2ccc(F)cc2)C(=O)Cc2cccs2)CC1. The summed E-state index contributed by atoms with van der Waals surface area (Å²) < 4.78 is 13.2. The van der Waals surface area contributed by atoms with Gasteiger partial charge in [-0.2, -0.15) is 0 Å². The quantitative estimate of drug-likeness (QED) is 0.698. The van der Waals surface area contributed by atoms with E-state index in [0.717, 1.165) is 30.1 Å². The van der Waals surface area contributed by atoms with Crippen molar-refractivity contribution in [2.24, 2.45) is 0 Å². The fraction of sp³-hybridized carbons (Fsp3) is 0.455. The standard InChI is InChI=1S/C22H29FN4O2S/c1-2-24-22(29)26-12-9-25(10-13-26)11-14-27(17-18-5-7-19(23)8-6-18)21(28)16-20-4-3-15-30-20/h3-8,15H,2,9-14,16-17H2,1H3,(H,24,29). The minimum absolute atomic E-state index is 0.0128. The normalized spacial score (nSPS) is 14.5. The Morgan fingerprint density at radius 2 is 1.87 bits per heavy atom. The van der Waals surface area contributed by atoms with Crippen LogP contribution >= 0.6 is 11.3 Å². The number of amides is 3. The van der Waals surface area contributed by atoms with Crippen LogP contribution in [0.4, 0.5) is 9.18 Å². The van der Waals surface area contributed by atoms with Crippen molar-refractivity contribution in [2.45, 2.75) is 19.9 Å². The van der Waals surface area contributed by atoms with Gasteiger partial charge in [0.25, 0.3) is 0 Å². The van der Waals surface area contributed by atoms with Crippen LogP contribution < -0.4 is 5.32 Å². The molecule has 1 aromatic carbocycles. The Hall–Kier alpha value is -2.45. The topological polar surface area (TPSA) is 55.9 Å². The molecular weight excluding hydrogens is 403 g/mol. The van der Waals surface area contributed by atoms with Crippen molar-refractivity contribution in [1.29, 1.82) is 0 Å². The van der Waals surface area contributed by atoms with Gasteiger partial charge in [0.15, 0.2) is 0 Å². The Balaban J connectivity index is 1.56. The lowest BCUT2D eigenvalue weighted by atomic mass is 10.2. The highest BCUT2D eigenvalue weighted by molar-refractivity contribution is 7.10. The maximum atomic E-state index is 13.2. The van der Waals surface area contributed by atoms with E-state index in [9.17, 15) is 14.0 Å². The molecule has 1 aliphatic rings. The molecule has 0 saturated carbocycles. The van der Waals surface area contributed by atoms with Crippen molar-refractivity contribution in [1.82, 2.24) is 20.0 Å². The summed E-state index contributed by atoms with van der Waals surface area (Å²) in [6, 6.07) is 10.2. The first-order chi connectivity index (χ1) is 14.5. The molecule has 3 amide bonds. The molecule has 1 aromatic heterocycles. The van der Waals surface area contributed by atoms with Gasteiger partial charge in [0.1, 0.15) is 5.82 Å². The van der Waals surface area contributed by atoms with E-state index in [1.165, 1.54) is 12.1 Å². The molecule has 0 radical (unpaired) electrons. The average molecular weight is 433 g/mol. The van der Waals surface area contributed by atoms with Gasteiger partial charge in [-0.1, -0.05) is 18.2 Å². The molecule has 3 rings (SSSR count). The summed E-state index contributed by atoms with van der Waals surface area (Å²) in [6.45, 7) is 7.31. The number of hydrogen-bond acceptors (Lipinski definition) is 4. The molecule has 1 aliphatic heterocycles. The van der Waals surface area contributed by atoms with Gasteiger partial charge in [-0.05, 0) is 36.1 Å². The van der Waals surface area contributed by atoms with Crippen LogP contribution in [0.15, 0.2) is 41.8 Å². The zero-order valence-corrected chi connectivity index (χ0v) is 18.2. The Morgan fingerprint density at radius 1 is 1.13 bits per heavy atom. The number of carbonyl (C=O) groups is 2. The van der Waals surface area contributed by atoms with Crippen LogP contribution in [-0.2, 0) is 17.8 Å². The summed E-state index contributed by atoms with van der Waals surface area (Å²) in [5, 5.41) is 4.81. The number of halogens is 1. The van der Waals surface area contributed by atoms with Gasteiger partial charge in [0.05, 0.1) is 6.42 Å². The third-order valence-electron chi connectivity index (χ3n) is 5.22. The van der Waals surface area contributed by atoms with Crippen LogP contribution in [0.2, 0.25) is 0 Å². The molecule has 30 heavy (non-hydrogen) atoms. The molecule has 8 heteroatoms. The largest absolute Gasteiger partial charge is 0.338 e. The molecule has 0 atom stereocenters. The van der Waals surface area contributed by atoms with Gasteiger partial charge >= 0.3 is 6.03 Å². The second kappa shape index (κ2) is 11.1. The van der Waals surface area contributed by atoms with E-state index in [-0.39, 0.29) is 17.8 Å². The molecule has 2 heterocycles. The second-order valence-electron chi connectivity index (χ2n) is 7.36. The number of nitrogens with zero attached hydrogens (tertiary/aromatic N) is 3. The molecule has 1 fully saturated rings. The molecule has 0 spiro atoms. The van der Waals surface area contributed by atoms with Crippen molar-refractivity contribution in [3.63, 3.8) is 0 Å². The van der Waals surface area contributed by atoms with Crippen LogP contribution in [0.3, 0.4) is 0 Å². The molecule has 1 N–H and O–H groups in total. The van der Waals surface area contributed by atoms with Crippen LogP contribution in [-0.4, -0.2) is 72.5 Å². The van der Waals surface area contributed by atoms with E-state index in [1.807, 2.05) is 34.2 Å². The monoisotopic (exact) mass is 432 g/mol. The minimum Gasteiger partial charge on any atom is -0.338 e. The van der Waals surface area contributed by atoms with E-state index in [2.05, 4.69) is 10.2 Å². The van der Waals surface area contributed by atoms with Crippen molar-refractivity contribution in [3.8, 4) is 0 Å². The van der Waals surface area contributed by atoms with Crippen molar-refractivity contribution >= 4 is 23.3 Å². The van der Waals surface area contributed by atoms with Crippen LogP contribution in [0.5, 0.6) is 0 Å². The van der Waals surface area contributed by atoms with Gasteiger partial charge in [-0.25, -0.2) is 9.18 Å². The summed E-state index contributed by atoms with van der Waals surface area (Å²) in [7, 11) is 0. The number of piperazine rings is 1. The summed E-state index contributed by atoms with van der Waals surface area (Å²) >= 11 is 1.58. The summed E-state index contributed by atoms with van der Waals surface area (Å²) in [5.41, 5.74) is 0.914. The van der Waals surface area contributed by atoms with Gasteiger partial charge in [-0.15, -0.1) is 11.3 Å². The Bertz CT molecular complexity index is 805. The highest BCUT2D eigenvalue weighted by atomic mass is 32.1. The van der Waals surface area contributed by atoms with Crippen molar-refractivity contribution in [3.05, 3.63) is 58.0 Å². The Morgan fingerprint density at radius 3 is 2.50 bits per heavy atom. The van der Waals surface area contributed by atoms with Crippen LogP contribution in [0.1, 0.15) is 17.4 Å². The lowest BCUT2D eigenvalue weighted by molar-refractivity contribution is -0.131. The van der Waals surface area contributed by atoms with Gasteiger partial charge in [-0.3, -0.25) is 9.69 Å². The maximum Gasteiger partial charge on any atom is 0.317 e. The minimum atomic E-state index is -0.278. The molecule has 2 aromatic rings. The Labute approximate surface area is 181 Å². The van der Waals surface area contributed by atoms with Crippen LogP contribution in [0, 0.1) is 5.82 Å². The fourth-order valence-corrected chi connectivity index (χ4v) is 4.17. The first kappa shape index (κ1) is 22.2. The molecule has 162 valence electrons. The van der Waals surface area contributed by atoms with Gasteiger partial charge in [0, 0.05) is 57.2 Å². The van der Waals surface area contributed by atoms with E-state index in [0.29, 0.717) is 39.1 Å². The Kier molecular flexibility index (Phi) is 8.21. The number of nitrogens with one attached hydrogen (secondary N) is 1. The lowest BCUT2D eigenvalue weighted by Gasteiger charge is -2.35. The molecule has 0 unspecified atom stereocenters. The first-order valence-electron chi connectivity index (χ1n) is 10.3. The number of rotatable bonds is 8. The average Bonchev–Trinajstić information content (AvgIpc) is 3.26. The predicted molar refractivity (Wildman–Crippen MR) is 117 cm³/mol. The summed E-state index contributed by atoms with van der Waals surface area (Å²) in [5.74, 6) is -0.206. The third kappa shape index (κ3) is 6.53. The number of thiophene rings is 1. The zero-order chi connectivity index (χ0) is 21.3. The third-order valence-corrected chi connectivity index (χ3v) is 6.09. The molecule has 0 aliphatic carbocycles. The van der Waals surface area contributed by atoms with E-state index in [1.54, 1.807) is 23.5 Å². The molecule has 6 nitrogen and oxygen atoms in total. The fourth-order valence-electron chi connectivity index (χ4n) is 3.48. The lowest BCUT2D eigenvalue weighted by Crippen LogP contribution is -2.53. The molecule has 0 bridgehead atoms. The summed E-state index contributed by atoms with van der Waals surface area (Å²) in [4.78, 5) is 31.9. The first-order valence-corrected chi connectivity index (χ1v) is 11.2. The van der Waals surface area contributed by atoms with Gasteiger partial charge < -0.3 is 15.1 Å². The van der Waals surface area contributed by atoms with E-state index in [4.69, 9.17) is 0 Å². The number of urea groups is 1. The second-order valence-corrected chi connectivity index (χ2v) is 8.39. The van der Waals surface area contributed by atoms with Crippen molar-refractivity contribution < 1.29 is 14.0 Å². The smallest absolute Gasteiger partial charge is 0.317 e. The number of benzene rings is 1. The van der Waals surface area contributed by atoms with E-state index >= 15 is 0 Å². The highest BCUT2D eigenvalue weighted by Gasteiger charge is 2.22. The van der Waals surface area contributed by atoms with Crippen LogP contribution in [0.25, 0.3) is 0 Å². The molecule has 1 saturated heterocycles. The molecular formula is C22H29FN4O2S. The van der Waals surface area contributed by atoms with Crippen molar-refractivity contribution in [2.75, 3.05) is 45.8 Å². The van der Waals surface area contributed by atoms with E-state index < -0.39 is 0 Å². The maximum absolute atomic E-state index is 13.2.